The molecule has 0 aromatic heterocycles. The summed E-state index contributed by atoms with van der Waals surface area (Å²) in [5.41, 5.74) is -1.81. The topological polar surface area (TPSA) is 52.9 Å². The molecule has 2 aromatic rings. The van der Waals surface area contributed by atoms with E-state index in [2.05, 4.69) is 5.10 Å². The molecule has 0 saturated carbocycles. The average Bonchev–Trinajstić information content (AvgIpc) is 2.89. The molecule has 0 fully saturated rings. The summed E-state index contributed by atoms with van der Waals surface area (Å²) in [5, 5.41) is 14.1. The minimum absolute atomic E-state index is 0.0114. The van der Waals surface area contributed by atoms with Gasteiger partial charge in [0.05, 0.1) is 11.3 Å². The number of hydrazone groups is 1. The number of phenolic OH excluding ortho intramolecular Hbond substituents is 1. The quantitative estimate of drug-likeness (QED) is 0.801. The molecule has 0 spiro atoms. The maximum absolute atomic E-state index is 13.3. The number of para-hydroxylation sites is 1. The highest BCUT2D eigenvalue weighted by Gasteiger charge is 2.46. The van der Waals surface area contributed by atoms with E-state index in [1.165, 1.54) is 30.3 Å². The summed E-state index contributed by atoms with van der Waals surface area (Å²) in [5.74, 6) is -1.25. The van der Waals surface area contributed by atoms with Gasteiger partial charge in [0, 0.05) is 10.6 Å². The zero-order chi connectivity index (χ0) is 18.2. The van der Waals surface area contributed by atoms with Crippen molar-refractivity contribution in [2.24, 2.45) is 5.10 Å². The molecule has 1 N–H and O–H groups in total. The van der Waals surface area contributed by atoms with E-state index < -0.39 is 23.4 Å². The Morgan fingerprint density at radius 2 is 1.80 bits per heavy atom. The van der Waals surface area contributed by atoms with Gasteiger partial charge in [-0.2, -0.15) is 23.3 Å². The van der Waals surface area contributed by atoms with Crippen molar-refractivity contribution in [2.45, 2.75) is 6.18 Å². The van der Waals surface area contributed by atoms with E-state index in [0.29, 0.717) is 5.01 Å². The Bertz CT molecular complexity index is 893. The van der Waals surface area contributed by atoms with Crippen LogP contribution in [0.2, 0.25) is 5.02 Å². The summed E-state index contributed by atoms with van der Waals surface area (Å²) >= 11 is 5.80. The number of amides is 1. The minimum Gasteiger partial charge on any atom is -0.507 e. The zero-order valence-corrected chi connectivity index (χ0v) is 13.2. The zero-order valence-electron chi connectivity index (χ0n) is 12.5. The van der Waals surface area contributed by atoms with Crippen LogP contribution >= 0.6 is 11.6 Å². The number of carbonyl (C=O) groups excluding carboxylic acids is 1. The molecule has 3 rings (SSSR count). The lowest BCUT2D eigenvalue weighted by atomic mass is 10.1. The number of hydrogen-bond acceptors (Lipinski definition) is 3. The number of halogens is 4. The molecule has 0 radical (unpaired) electrons. The number of alkyl halides is 3. The van der Waals surface area contributed by atoms with Crippen LogP contribution in [0.3, 0.4) is 0 Å². The van der Waals surface area contributed by atoms with Crippen LogP contribution in [0, 0.1) is 0 Å². The van der Waals surface area contributed by atoms with E-state index >= 15 is 0 Å². The Hall–Kier alpha value is -2.80. The van der Waals surface area contributed by atoms with Gasteiger partial charge in [-0.25, -0.2) is 0 Å². The van der Waals surface area contributed by atoms with Crippen molar-refractivity contribution in [3.63, 3.8) is 0 Å². The highest BCUT2D eigenvalue weighted by Crippen LogP contribution is 2.34. The summed E-state index contributed by atoms with van der Waals surface area (Å²) < 4.78 is 40.0. The van der Waals surface area contributed by atoms with E-state index in [1.807, 2.05) is 0 Å². The van der Waals surface area contributed by atoms with Gasteiger partial charge in [0.1, 0.15) is 5.75 Å². The summed E-state index contributed by atoms with van der Waals surface area (Å²) in [6.07, 6.45) is -3.90. The first kappa shape index (κ1) is 17.0. The second-order valence-electron chi connectivity index (χ2n) is 5.16. The lowest BCUT2D eigenvalue weighted by molar-refractivity contribution is -0.114. The van der Waals surface area contributed by atoms with Crippen molar-refractivity contribution in [2.75, 3.05) is 5.01 Å². The molecule has 1 amide bonds. The maximum atomic E-state index is 13.3. The van der Waals surface area contributed by atoms with Crippen molar-refractivity contribution in [3.05, 3.63) is 64.7 Å². The van der Waals surface area contributed by atoms with Crippen LogP contribution < -0.4 is 5.01 Å². The number of benzene rings is 2. The third kappa shape index (κ3) is 3.36. The van der Waals surface area contributed by atoms with Crippen LogP contribution in [0.1, 0.15) is 5.56 Å². The number of carbonyl (C=O) groups is 1. The van der Waals surface area contributed by atoms with E-state index in [-0.39, 0.29) is 22.0 Å². The van der Waals surface area contributed by atoms with Crippen LogP contribution in [-0.2, 0) is 4.79 Å². The standard InChI is InChI=1S/C17H10ClF3N2O2/c18-11-6-7-14(24)10(8-11)9-13-15(17(19,20)21)22-23(16(13)25)12-4-2-1-3-5-12/h1-9,24H/b13-9-. The van der Waals surface area contributed by atoms with Crippen LogP contribution in [-0.4, -0.2) is 22.9 Å². The van der Waals surface area contributed by atoms with E-state index in [0.717, 1.165) is 6.08 Å². The predicted octanol–water partition coefficient (Wildman–Crippen LogP) is 4.39. The molecule has 4 nitrogen and oxygen atoms in total. The fourth-order valence-corrected chi connectivity index (χ4v) is 2.48. The minimum atomic E-state index is -4.83. The van der Waals surface area contributed by atoms with Gasteiger partial charge in [-0.3, -0.25) is 4.79 Å². The fourth-order valence-electron chi connectivity index (χ4n) is 2.29. The molecule has 0 atom stereocenters. The lowest BCUT2D eigenvalue weighted by Gasteiger charge is -2.11. The van der Waals surface area contributed by atoms with Crippen molar-refractivity contribution >= 4 is 35.0 Å². The van der Waals surface area contributed by atoms with E-state index in [4.69, 9.17) is 11.6 Å². The third-order valence-electron chi connectivity index (χ3n) is 3.44. The Morgan fingerprint density at radius 3 is 2.44 bits per heavy atom. The Balaban J connectivity index is 2.12. The second kappa shape index (κ2) is 6.25. The van der Waals surface area contributed by atoms with Crippen LogP contribution in [0.4, 0.5) is 18.9 Å². The summed E-state index contributed by atoms with van der Waals surface area (Å²) in [6, 6.07) is 11.6. The molecule has 25 heavy (non-hydrogen) atoms. The molecule has 1 heterocycles. The molecule has 0 aliphatic carbocycles. The molecule has 0 saturated heterocycles. The summed E-state index contributed by atoms with van der Waals surface area (Å²) in [4.78, 5) is 12.5. The molecule has 0 unspecified atom stereocenters. The smallest absolute Gasteiger partial charge is 0.435 e. The van der Waals surface area contributed by atoms with E-state index in [9.17, 15) is 23.1 Å². The molecule has 8 heteroatoms. The first-order valence-corrected chi connectivity index (χ1v) is 7.41. The maximum Gasteiger partial charge on any atom is 0.435 e. The molecular formula is C17H10ClF3N2O2. The lowest BCUT2D eigenvalue weighted by Crippen LogP contribution is -2.25. The van der Waals surface area contributed by atoms with Gasteiger partial charge in [0.2, 0.25) is 0 Å². The Morgan fingerprint density at radius 1 is 1.12 bits per heavy atom. The summed E-state index contributed by atoms with van der Waals surface area (Å²) in [6.45, 7) is 0. The van der Waals surface area contributed by atoms with Crippen molar-refractivity contribution in [1.82, 2.24) is 0 Å². The second-order valence-corrected chi connectivity index (χ2v) is 5.60. The molecule has 2 aromatic carbocycles. The van der Waals surface area contributed by atoms with Crippen LogP contribution in [0.5, 0.6) is 5.75 Å². The fraction of sp³-hybridized carbons (Fsp3) is 0.0588. The molecule has 128 valence electrons. The van der Waals surface area contributed by atoms with Gasteiger partial charge < -0.3 is 5.11 Å². The van der Waals surface area contributed by atoms with Gasteiger partial charge in [-0.15, -0.1) is 0 Å². The number of aromatic hydroxyl groups is 1. The van der Waals surface area contributed by atoms with Crippen LogP contribution in [0.15, 0.2) is 59.2 Å². The van der Waals surface area contributed by atoms with Gasteiger partial charge >= 0.3 is 6.18 Å². The van der Waals surface area contributed by atoms with Crippen molar-refractivity contribution < 1.29 is 23.1 Å². The molecule has 1 aliphatic rings. The third-order valence-corrected chi connectivity index (χ3v) is 3.67. The van der Waals surface area contributed by atoms with Gasteiger partial charge in [-0.1, -0.05) is 29.8 Å². The SMILES string of the molecule is O=C1/C(=C\c2cc(Cl)ccc2O)C(C(F)(F)F)=NN1c1ccccc1. The summed E-state index contributed by atoms with van der Waals surface area (Å²) in [7, 11) is 0. The molecular weight excluding hydrogens is 357 g/mol. The van der Waals surface area contributed by atoms with E-state index in [1.54, 1.807) is 18.2 Å². The van der Waals surface area contributed by atoms with Crippen LogP contribution in [0.25, 0.3) is 6.08 Å². The first-order chi connectivity index (χ1) is 11.8. The predicted molar refractivity (Wildman–Crippen MR) is 88.5 cm³/mol. The van der Waals surface area contributed by atoms with Gasteiger partial charge in [0.15, 0.2) is 5.71 Å². The van der Waals surface area contributed by atoms with Gasteiger partial charge in [-0.05, 0) is 36.4 Å². The highest BCUT2D eigenvalue weighted by atomic mass is 35.5. The van der Waals surface area contributed by atoms with Gasteiger partial charge in [0.25, 0.3) is 5.91 Å². The number of anilines is 1. The van der Waals surface area contributed by atoms with Crippen molar-refractivity contribution in [1.29, 1.82) is 0 Å². The Labute approximate surface area is 145 Å². The molecule has 0 bridgehead atoms. The average molecular weight is 367 g/mol. The van der Waals surface area contributed by atoms with Crippen molar-refractivity contribution in [3.8, 4) is 5.75 Å². The molecule has 1 aliphatic heterocycles. The number of rotatable bonds is 2. The Kier molecular flexibility index (Phi) is 4.26. The normalized spacial score (nSPS) is 16.5. The number of nitrogens with zero attached hydrogens (tertiary/aromatic N) is 2. The largest absolute Gasteiger partial charge is 0.507 e. The highest BCUT2D eigenvalue weighted by molar-refractivity contribution is 6.34. The monoisotopic (exact) mass is 366 g/mol. The number of phenols is 1. The number of hydrogen-bond donors (Lipinski definition) is 1. The first-order valence-electron chi connectivity index (χ1n) is 7.03.